The van der Waals surface area contributed by atoms with Crippen LogP contribution < -0.4 is 0 Å². The van der Waals surface area contributed by atoms with E-state index in [-0.39, 0.29) is 6.23 Å². The van der Waals surface area contributed by atoms with E-state index >= 15 is 0 Å². The third-order valence-electron chi connectivity index (χ3n) is 2.63. The van der Waals surface area contributed by atoms with Crippen LogP contribution in [0.3, 0.4) is 0 Å². The first-order chi connectivity index (χ1) is 7.26. The van der Waals surface area contributed by atoms with Gasteiger partial charge in [0.15, 0.2) is 0 Å². The van der Waals surface area contributed by atoms with Crippen LogP contribution >= 0.6 is 0 Å². The number of rotatable bonds is 7. The Bertz CT molecular complexity index is 251. The summed E-state index contributed by atoms with van der Waals surface area (Å²) < 4.78 is 12.7. The highest BCUT2D eigenvalue weighted by molar-refractivity contribution is 6.67. The molecule has 86 valence electrons. The SMILES string of the molecule is CO[Si](CO)(CCCn1cccc1)OC. The number of aryl methyl sites for hydroxylation is 1. The van der Waals surface area contributed by atoms with Crippen LogP contribution in [0.2, 0.25) is 6.04 Å². The van der Waals surface area contributed by atoms with E-state index in [0.29, 0.717) is 0 Å². The lowest BCUT2D eigenvalue weighted by atomic mass is 10.5. The summed E-state index contributed by atoms with van der Waals surface area (Å²) >= 11 is 0. The summed E-state index contributed by atoms with van der Waals surface area (Å²) in [6.45, 7) is 0.939. The first-order valence-corrected chi connectivity index (χ1v) is 7.31. The number of hydrogen-bond acceptors (Lipinski definition) is 3. The molecule has 1 heterocycles. The van der Waals surface area contributed by atoms with Crippen LogP contribution in [-0.2, 0) is 15.4 Å². The summed E-state index contributed by atoms with van der Waals surface area (Å²) in [6.07, 6.45) is 5.04. The molecule has 1 rings (SSSR count). The molecule has 0 bridgehead atoms. The molecule has 0 unspecified atom stereocenters. The van der Waals surface area contributed by atoms with Crippen molar-refractivity contribution in [2.24, 2.45) is 0 Å². The molecule has 0 aliphatic heterocycles. The molecule has 0 saturated carbocycles. The first-order valence-electron chi connectivity index (χ1n) is 5.08. The third-order valence-corrected chi connectivity index (χ3v) is 5.71. The summed E-state index contributed by atoms with van der Waals surface area (Å²) in [6, 6.07) is 4.82. The number of aromatic nitrogens is 1. The predicted molar refractivity (Wildman–Crippen MR) is 60.7 cm³/mol. The molecule has 0 atom stereocenters. The van der Waals surface area contributed by atoms with Crippen LogP contribution in [0.1, 0.15) is 6.42 Å². The molecular weight excluding hydrogens is 210 g/mol. The molecule has 1 N–H and O–H groups in total. The Morgan fingerprint density at radius 1 is 1.20 bits per heavy atom. The lowest BCUT2D eigenvalue weighted by molar-refractivity contribution is 0.195. The topological polar surface area (TPSA) is 43.6 Å². The quantitative estimate of drug-likeness (QED) is 0.713. The Balaban J connectivity index is 2.34. The number of aliphatic hydroxyl groups excluding tert-OH is 1. The van der Waals surface area contributed by atoms with Crippen LogP contribution in [0.4, 0.5) is 0 Å². The minimum Gasteiger partial charge on any atom is -0.396 e. The molecule has 1 aromatic rings. The van der Waals surface area contributed by atoms with Crippen LogP contribution in [0.15, 0.2) is 24.5 Å². The van der Waals surface area contributed by atoms with Gasteiger partial charge in [0.25, 0.3) is 0 Å². The second kappa shape index (κ2) is 6.07. The van der Waals surface area contributed by atoms with Gasteiger partial charge in [0.05, 0.1) is 6.23 Å². The molecule has 0 radical (unpaired) electrons. The monoisotopic (exact) mass is 229 g/mol. The van der Waals surface area contributed by atoms with Gasteiger partial charge in [-0.25, -0.2) is 0 Å². The fraction of sp³-hybridized carbons (Fsp3) is 0.600. The minimum absolute atomic E-state index is 0.0195. The molecule has 15 heavy (non-hydrogen) atoms. The normalized spacial score (nSPS) is 11.9. The van der Waals surface area contributed by atoms with Crippen molar-refractivity contribution in [3.63, 3.8) is 0 Å². The van der Waals surface area contributed by atoms with Crippen LogP contribution in [-0.4, -0.2) is 38.7 Å². The van der Waals surface area contributed by atoms with E-state index in [2.05, 4.69) is 4.57 Å². The summed E-state index contributed by atoms with van der Waals surface area (Å²) in [4.78, 5) is 0. The first kappa shape index (κ1) is 12.4. The lowest BCUT2D eigenvalue weighted by Gasteiger charge is -2.24. The highest BCUT2D eigenvalue weighted by Crippen LogP contribution is 2.14. The third kappa shape index (κ3) is 3.46. The Hall–Kier alpha value is -0.623. The molecule has 0 aromatic carbocycles. The zero-order chi connectivity index (χ0) is 11.1. The lowest BCUT2D eigenvalue weighted by Crippen LogP contribution is -2.44. The Morgan fingerprint density at radius 2 is 1.80 bits per heavy atom. The van der Waals surface area contributed by atoms with Gasteiger partial charge in [-0.3, -0.25) is 0 Å². The van der Waals surface area contributed by atoms with Crippen LogP contribution in [0.5, 0.6) is 0 Å². The molecule has 0 aliphatic carbocycles. The maximum atomic E-state index is 9.24. The highest BCUT2D eigenvalue weighted by atomic mass is 28.4. The second-order valence-corrected chi connectivity index (χ2v) is 6.96. The summed E-state index contributed by atoms with van der Waals surface area (Å²) in [7, 11) is 0.917. The van der Waals surface area contributed by atoms with Crippen LogP contribution in [0.25, 0.3) is 0 Å². The van der Waals surface area contributed by atoms with E-state index < -0.39 is 8.56 Å². The molecule has 1 aromatic heterocycles. The van der Waals surface area contributed by atoms with Gasteiger partial charge in [0.2, 0.25) is 0 Å². The number of aliphatic hydroxyl groups is 1. The van der Waals surface area contributed by atoms with E-state index in [0.717, 1.165) is 19.0 Å². The molecule has 0 aliphatic rings. The number of hydrogen-bond donors (Lipinski definition) is 1. The molecule has 5 heteroatoms. The molecule has 4 nitrogen and oxygen atoms in total. The predicted octanol–water partition coefficient (Wildman–Crippen LogP) is 1.14. The Labute approximate surface area is 91.7 Å². The van der Waals surface area contributed by atoms with Crippen LogP contribution in [0, 0.1) is 0 Å². The van der Waals surface area contributed by atoms with Gasteiger partial charge in [-0.1, -0.05) is 0 Å². The maximum absolute atomic E-state index is 9.24. The van der Waals surface area contributed by atoms with Crippen molar-refractivity contribution in [2.45, 2.75) is 19.0 Å². The summed E-state index contributed by atoms with van der Waals surface area (Å²) in [5, 5.41) is 9.24. The average Bonchev–Trinajstić information content (AvgIpc) is 2.78. The van der Waals surface area contributed by atoms with Crippen molar-refractivity contribution in [1.82, 2.24) is 4.57 Å². The Morgan fingerprint density at radius 3 is 2.27 bits per heavy atom. The van der Waals surface area contributed by atoms with Gasteiger partial charge >= 0.3 is 8.56 Å². The van der Waals surface area contributed by atoms with E-state index in [4.69, 9.17) is 8.85 Å². The van der Waals surface area contributed by atoms with E-state index in [1.165, 1.54) is 0 Å². The van der Waals surface area contributed by atoms with Crippen molar-refractivity contribution in [3.8, 4) is 0 Å². The highest BCUT2D eigenvalue weighted by Gasteiger charge is 2.33. The van der Waals surface area contributed by atoms with Crippen molar-refractivity contribution in [2.75, 3.05) is 20.4 Å². The van der Waals surface area contributed by atoms with Crippen molar-refractivity contribution >= 4 is 8.56 Å². The van der Waals surface area contributed by atoms with E-state index in [9.17, 15) is 5.11 Å². The zero-order valence-electron chi connectivity index (χ0n) is 9.35. The molecule has 0 saturated heterocycles. The van der Waals surface area contributed by atoms with Crippen molar-refractivity contribution < 1.29 is 14.0 Å². The second-order valence-electron chi connectivity index (χ2n) is 3.50. The molecule has 0 amide bonds. The van der Waals surface area contributed by atoms with E-state index in [1.807, 2.05) is 24.5 Å². The van der Waals surface area contributed by atoms with Gasteiger partial charge in [0.1, 0.15) is 0 Å². The van der Waals surface area contributed by atoms with Gasteiger partial charge in [0, 0.05) is 33.2 Å². The fourth-order valence-electron chi connectivity index (χ4n) is 1.55. The molecule has 0 spiro atoms. The maximum Gasteiger partial charge on any atom is 0.364 e. The summed E-state index contributed by atoms with van der Waals surface area (Å²) in [5.74, 6) is 0. The van der Waals surface area contributed by atoms with Gasteiger partial charge in [-0.15, -0.1) is 0 Å². The average molecular weight is 229 g/mol. The number of nitrogens with zero attached hydrogens (tertiary/aromatic N) is 1. The van der Waals surface area contributed by atoms with Crippen molar-refractivity contribution in [1.29, 1.82) is 0 Å². The molecular formula is C10H19NO3Si. The van der Waals surface area contributed by atoms with Gasteiger partial charge in [-0.2, -0.15) is 0 Å². The zero-order valence-corrected chi connectivity index (χ0v) is 10.3. The standard InChI is InChI=1S/C10H19NO3Si/c1-13-15(10-12,14-2)9-5-8-11-6-3-4-7-11/h3-4,6-7,12H,5,8-10H2,1-2H3. The summed E-state index contributed by atoms with van der Waals surface area (Å²) in [5.41, 5.74) is 0. The smallest absolute Gasteiger partial charge is 0.364 e. The van der Waals surface area contributed by atoms with E-state index in [1.54, 1.807) is 14.2 Å². The van der Waals surface area contributed by atoms with Gasteiger partial charge in [-0.05, 0) is 24.6 Å². The fourth-order valence-corrected chi connectivity index (χ4v) is 3.23. The van der Waals surface area contributed by atoms with Gasteiger partial charge < -0.3 is 18.5 Å². The minimum atomic E-state index is -2.31. The van der Waals surface area contributed by atoms with Crippen molar-refractivity contribution in [3.05, 3.63) is 24.5 Å². The largest absolute Gasteiger partial charge is 0.396 e. The molecule has 0 fully saturated rings. The Kier molecular flexibility index (Phi) is 5.03.